The van der Waals surface area contributed by atoms with E-state index in [-0.39, 0.29) is 5.82 Å². The van der Waals surface area contributed by atoms with E-state index in [0.717, 1.165) is 11.3 Å². The Labute approximate surface area is 126 Å². The number of nitrogens with zero attached hydrogens (tertiary/aromatic N) is 1. The van der Waals surface area contributed by atoms with Crippen molar-refractivity contribution in [2.75, 3.05) is 5.32 Å². The van der Waals surface area contributed by atoms with E-state index in [2.05, 4.69) is 10.3 Å². The smallest absolute Gasteiger partial charge is 0.181 e. The van der Waals surface area contributed by atoms with E-state index in [0.29, 0.717) is 22.9 Å². The average molecular weight is 303 g/mol. The third-order valence-corrected chi connectivity index (χ3v) is 3.46. The maximum absolute atomic E-state index is 13.7. The van der Waals surface area contributed by atoms with Crippen molar-refractivity contribution in [3.63, 3.8) is 0 Å². The Morgan fingerprint density at radius 3 is 2.81 bits per heavy atom. The molecule has 0 radical (unpaired) electrons. The van der Waals surface area contributed by atoms with Crippen LogP contribution >= 0.6 is 11.6 Å². The number of halogens is 2. The molecule has 2 aromatic carbocycles. The fourth-order valence-electron chi connectivity index (χ4n) is 2.03. The number of rotatable bonds is 4. The highest BCUT2D eigenvalue weighted by molar-refractivity contribution is 6.31. The number of anilines is 1. The zero-order valence-corrected chi connectivity index (χ0v) is 11.8. The van der Waals surface area contributed by atoms with Gasteiger partial charge in [0, 0.05) is 28.4 Å². The highest BCUT2D eigenvalue weighted by atomic mass is 35.5. The molecule has 1 aromatic heterocycles. The summed E-state index contributed by atoms with van der Waals surface area (Å²) in [5, 5.41) is 3.57. The molecule has 0 bridgehead atoms. The molecule has 1 heterocycles. The van der Waals surface area contributed by atoms with E-state index in [1.54, 1.807) is 18.3 Å². The first-order valence-electron chi connectivity index (χ1n) is 6.40. The summed E-state index contributed by atoms with van der Waals surface area (Å²) in [6.45, 7) is 0.311. The van der Waals surface area contributed by atoms with Gasteiger partial charge < -0.3 is 9.73 Å². The standard InChI is InChI=1S/C16H12ClFN2O/c17-14-5-2-6-15(18)13(14)8-20-12-4-1-3-11(7-12)16-9-19-10-21-16/h1-7,9-10,20H,8H2. The van der Waals surface area contributed by atoms with Crippen molar-refractivity contribution < 1.29 is 8.81 Å². The molecule has 3 rings (SSSR count). The Balaban J connectivity index is 1.78. The van der Waals surface area contributed by atoms with Crippen LogP contribution in [-0.4, -0.2) is 4.98 Å². The number of hydrogen-bond donors (Lipinski definition) is 1. The lowest BCUT2D eigenvalue weighted by molar-refractivity contribution is 0.572. The van der Waals surface area contributed by atoms with Crippen LogP contribution < -0.4 is 5.32 Å². The van der Waals surface area contributed by atoms with E-state index in [4.69, 9.17) is 16.0 Å². The number of nitrogens with one attached hydrogen (secondary N) is 1. The first-order chi connectivity index (χ1) is 10.2. The van der Waals surface area contributed by atoms with Gasteiger partial charge in [0.15, 0.2) is 12.2 Å². The maximum atomic E-state index is 13.7. The van der Waals surface area contributed by atoms with Gasteiger partial charge in [-0.05, 0) is 24.3 Å². The Hall–Kier alpha value is -2.33. The van der Waals surface area contributed by atoms with Gasteiger partial charge in [-0.2, -0.15) is 0 Å². The van der Waals surface area contributed by atoms with E-state index in [9.17, 15) is 4.39 Å². The summed E-state index contributed by atoms with van der Waals surface area (Å²) in [7, 11) is 0. The highest BCUT2D eigenvalue weighted by Gasteiger charge is 2.07. The van der Waals surface area contributed by atoms with Crippen molar-refractivity contribution in [3.8, 4) is 11.3 Å². The SMILES string of the molecule is Fc1cccc(Cl)c1CNc1cccc(-c2cnco2)c1. The predicted molar refractivity (Wildman–Crippen MR) is 80.7 cm³/mol. The molecule has 5 heteroatoms. The minimum Gasteiger partial charge on any atom is -0.444 e. The topological polar surface area (TPSA) is 38.1 Å². The third kappa shape index (κ3) is 3.06. The van der Waals surface area contributed by atoms with Crippen molar-refractivity contribution in [3.05, 3.63) is 71.5 Å². The molecule has 0 spiro atoms. The summed E-state index contributed by atoms with van der Waals surface area (Å²) < 4.78 is 19.0. The molecule has 0 aliphatic carbocycles. The lowest BCUT2D eigenvalue weighted by Gasteiger charge is -2.10. The normalized spacial score (nSPS) is 10.6. The third-order valence-electron chi connectivity index (χ3n) is 3.11. The molecule has 0 aliphatic rings. The number of oxazole rings is 1. The van der Waals surface area contributed by atoms with Gasteiger partial charge in [0.2, 0.25) is 0 Å². The zero-order chi connectivity index (χ0) is 14.7. The average Bonchev–Trinajstić information content (AvgIpc) is 3.01. The molecule has 3 nitrogen and oxygen atoms in total. The molecule has 106 valence electrons. The van der Waals surface area contributed by atoms with E-state index in [1.807, 2.05) is 24.3 Å². The second-order valence-electron chi connectivity index (χ2n) is 4.50. The molecule has 21 heavy (non-hydrogen) atoms. The lowest BCUT2D eigenvalue weighted by Crippen LogP contribution is -2.02. The summed E-state index contributed by atoms with van der Waals surface area (Å²) >= 11 is 6.00. The van der Waals surface area contributed by atoms with E-state index < -0.39 is 0 Å². The summed E-state index contributed by atoms with van der Waals surface area (Å²) in [5.41, 5.74) is 2.20. The first kappa shape index (κ1) is 13.6. The van der Waals surface area contributed by atoms with Gasteiger partial charge in [-0.15, -0.1) is 0 Å². The van der Waals surface area contributed by atoms with Crippen molar-refractivity contribution in [1.82, 2.24) is 4.98 Å². The molecule has 3 aromatic rings. The molecular weight excluding hydrogens is 291 g/mol. The van der Waals surface area contributed by atoms with Crippen molar-refractivity contribution in [1.29, 1.82) is 0 Å². The van der Waals surface area contributed by atoms with Crippen molar-refractivity contribution in [2.24, 2.45) is 0 Å². The van der Waals surface area contributed by atoms with Crippen LogP contribution in [0.25, 0.3) is 11.3 Å². The summed E-state index contributed by atoms with van der Waals surface area (Å²) in [4.78, 5) is 3.89. The van der Waals surface area contributed by atoms with Crippen LogP contribution in [0.1, 0.15) is 5.56 Å². The van der Waals surface area contributed by atoms with Gasteiger partial charge in [0.1, 0.15) is 5.82 Å². The Kier molecular flexibility index (Phi) is 3.88. The fraction of sp³-hybridized carbons (Fsp3) is 0.0625. The van der Waals surface area contributed by atoms with E-state index in [1.165, 1.54) is 12.5 Å². The number of hydrogen-bond acceptors (Lipinski definition) is 3. The van der Waals surface area contributed by atoms with Crippen LogP contribution in [0.3, 0.4) is 0 Å². The monoisotopic (exact) mass is 302 g/mol. The molecule has 0 aliphatic heterocycles. The molecule has 0 unspecified atom stereocenters. The summed E-state index contributed by atoms with van der Waals surface area (Å²) in [6.07, 6.45) is 3.03. The largest absolute Gasteiger partial charge is 0.444 e. The molecule has 0 atom stereocenters. The van der Waals surface area contributed by atoms with Crippen molar-refractivity contribution in [2.45, 2.75) is 6.54 Å². The van der Waals surface area contributed by atoms with Crippen LogP contribution in [0.2, 0.25) is 5.02 Å². The maximum Gasteiger partial charge on any atom is 0.181 e. The zero-order valence-electron chi connectivity index (χ0n) is 11.0. The molecule has 1 N–H and O–H groups in total. The van der Waals surface area contributed by atoms with Crippen LogP contribution in [0.4, 0.5) is 10.1 Å². The Morgan fingerprint density at radius 2 is 2.05 bits per heavy atom. The number of aromatic nitrogens is 1. The van der Waals surface area contributed by atoms with E-state index >= 15 is 0 Å². The van der Waals surface area contributed by atoms with Gasteiger partial charge in [-0.3, -0.25) is 0 Å². The van der Waals surface area contributed by atoms with Gasteiger partial charge >= 0.3 is 0 Å². The van der Waals surface area contributed by atoms with Crippen LogP contribution in [0.5, 0.6) is 0 Å². The second-order valence-corrected chi connectivity index (χ2v) is 4.91. The van der Waals surface area contributed by atoms with Crippen molar-refractivity contribution >= 4 is 17.3 Å². The van der Waals surface area contributed by atoms with Crippen LogP contribution in [0, 0.1) is 5.82 Å². The minimum absolute atomic E-state index is 0.311. The lowest BCUT2D eigenvalue weighted by atomic mass is 10.1. The van der Waals surface area contributed by atoms with Crippen LogP contribution in [-0.2, 0) is 6.54 Å². The molecular formula is C16H12ClFN2O. The molecule has 0 saturated carbocycles. The Morgan fingerprint density at radius 1 is 1.19 bits per heavy atom. The summed E-state index contributed by atoms with van der Waals surface area (Å²) in [6, 6.07) is 12.3. The quantitative estimate of drug-likeness (QED) is 0.756. The van der Waals surface area contributed by atoms with Gasteiger partial charge in [-0.1, -0.05) is 29.8 Å². The fourth-order valence-corrected chi connectivity index (χ4v) is 2.26. The molecule has 0 fully saturated rings. The minimum atomic E-state index is -0.318. The van der Waals surface area contributed by atoms with Crippen LogP contribution in [0.15, 0.2) is 59.5 Å². The molecule has 0 saturated heterocycles. The number of benzene rings is 2. The summed E-state index contributed by atoms with van der Waals surface area (Å²) in [5.74, 6) is 0.365. The molecule has 0 amide bonds. The highest BCUT2D eigenvalue weighted by Crippen LogP contribution is 2.24. The first-order valence-corrected chi connectivity index (χ1v) is 6.77. The second kappa shape index (κ2) is 5.97. The van der Waals surface area contributed by atoms with Gasteiger partial charge in [0.25, 0.3) is 0 Å². The Bertz CT molecular complexity index is 724. The van der Waals surface area contributed by atoms with Gasteiger partial charge in [0.05, 0.1) is 6.20 Å². The van der Waals surface area contributed by atoms with Gasteiger partial charge in [-0.25, -0.2) is 9.37 Å². The predicted octanol–water partition coefficient (Wildman–Crippen LogP) is 4.75.